The minimum atomic E-state index is 0. The lowest BCUT2D eigenvalue weighted by Crippen LogP contribution is -3.00. The van der Waals surface area contributed by atoms with Gasteiger partial charge in [0.1, 0.15) is 12.3 Å². The van der Waals surface area contributed by atoms with Gasteiger partial charge in [-0.25, -0.2) is 0 Å². The Hall–Kier alpha value is -1.10. The molecular weight excluding hydrogens is 373 g/mol. The summed E-state index contributed by atoms with van der Waals surface area (Å²) in [6, 6.07) is 10.8. The van der Waals surface area contributed by atoms with Gasteiger partial charge in [-0.2, -0.15) is 4.58 Å². The standard InChI is InChI=1S/C18H22NO.HI/c1-6-19-12(2)18(3,4)17-15-9-8-14(20-5)11-13(15)7-10-16(17)19;/h7-11H,6H2,1-5H3;1H/q+1;/p-1. The SMILES string of the molecule is CC[N+]1=C(C)C(C)(C)c2c1ccc1cc(OC)ccc21.[I-]. The lowest BCUT2D eigenvalue weighted by molar-refractivity contribution is -0.434. The molecule has 0 fully saturated rings. The Labute approximate surface area is 143 Å². The van der Waals surface area contributed by atoms with Gasteiger partial charge in [0.05, 0.1) is 12.5 Å². The van der Waals surface area contributed by atoms with Crippen molar-refractivity contribution < 1.29 is 33.3 Å². The van der Waals surface area contributed by atoms with E-state index in [0.29, 0.717) is 0 Å². The lowest BCUT2D eigenvalue weighted by Gasteiger charge is -2.17. The van der Waals surface area contributed by atoms with Crippen molar-refractivity contribution in [3.05, 3.63) is 35.9 Å². The van der Waals surface area contributed by atoms with Crippen molar-refractivity contribution in [2.75, 3.05) is 13.7 Å². The quantitative estimate of drug-likeness (QED) is 0.551. The molecule has 0 radical (unpaired) electrons. The molecule has 2 aromatic rings. The van der Waals surface area contributed by atoms with E-state index in [4.69, 9.17) is 4.74 Å². The van der Waals surface area contributed by atoms with Crippen LogP contribution in [-0.4, -0.2) is 23.9 Å². The van der Waals surface area contributed by atoms with Gasteiger partial charge in [-0.1, -0.05) is 6.07 Å². The molecular formula is C18H22INO. The molecule has 1 heterocycles. The highest BCUT2D eigenvalue weighted by Gasteiger charge is 2.43. The zero-order valence-corrected chi connectivity index (χ0v) is 15.5. The molecule has 0 unspecified atom stereocenters. The number of fused-ring (bicyclic) bond motifs is 3. The molecule has 0 aliphatic carbocycles. The first-order chi connectivity index (χ1) is 9.50. The summed E-state index contributed by atoms with van der Waals surface area (Å²) in [6.45, 7) is 10.1. The van der Waals surface area contributed by atoms with Crippen LogP contribution < -0.4 is 28.7 Å². The van der Waals surface area contributed by atoms with Gasteiger partial charge in [0.15, 0.2) is 5.71 Å². The first kappa shape index (κ1) is 16.3. The van der Waals surface area contributed by atoms with Crippen LogP contribution in [-0.2, 0) is 5.41 Å². The molecule has 3 heteroatoms. The third-order valence-corrected chi connectivity index (χ3v) is 4.75. The van der Waals surface area contributed by atoms with Crippen molar-refractivity contribution in [2.24, 2.45) is 0 Å². The molecule has 112 valence electrons. The highest BCUT2D eigenvalue weighted by atomic mass is 127. The third kappa shape index (κ3) is 2.26. The summed E-state index contributed by atoms with van der Waals surface area (Å²) in [5, 5.41) is 2.59. The average Bonchev–Trinajstić information content (AvgIpc) is 2.65. The molecule has 0 atom stereocenters. The fraction of sp³-hybridized carbons (Fsp3) is 0.389. The van der Waals surface area contributed by atoms with Crippen LogP contribution in [0.25, 0.3) is 10.8 Å². The topological polar surface area (TPSA) is 12.2 Å². The second kappa shape index (κ2) is 5.59. The average molecular weight is 395 g/mol. The number of benzene rings is 2. The van der Waals surface area contributed by atoms with E-state index >= 15 is 0 Å². The van der Waals surface area contributed by atoms with Crippen LogP contribution in [0.1, 0.15) is 33.3 Å². The molecule has 3 rings (SSSR count). The summed E-state index contributed by atoms with van der Waals surface area (Å²) in [6.07, 6.45) is 0. The molecule has 0 aromatic heterocycles. The van der Waals surface area contributed by atoms with Crippen molar-refractivity contribution in [1.82, 2.24) is 0 Å². The largest absolute Gasteiger partial charge is 1.00 e. The predicted octanol–water partition coefficient (Wildman–Crippen LogP) is 1.27. The maximum atomic E-state index is 5.34. The predicted molar refractivity (Wildman–Crippen MR) is 84.7 cm³/mol. The fourth-order valence-electron chi connectivity index (χ4n) is 3.41. The van der Waals surface area contributed by atoms with Crippen LogP contribution in [0.15, 0.2) is 30.3 Å². The summed E-state index contributed by atoms with van der Waals surface area (Å²) >= 11 is 0. The van der Waals surface area contributed by atoms with E-state index in [9.17, 15) is 0 Å². The van der Waals surface area contributed by atoms with Gasteiger partial charge in [0.25, 0.3) is 0 Å². The second-order valence-electron chi connectivity index (χ2n) is 6.00. The van der Waals surface area contributed by atoms with E-state index in [-0.39, 0.29) is 29.4 Å². The summed E-state index contributed by atoms with van der Waals surface area (Å²) in [4.78, 5) is 0. The van der Waals surface area contributed by atoms with Crippen molar-refractivity contribution in [1.29, 1.82) is 0 Å². The first-order valence-electron chi connectivity index (χ1n) is 7.23. The highest BCUT2D eigenvalue weighted by Crippen LogP contribution is 2.44. The normalized spacial score (nSPS) is 15.9. The number of halogens is 1. The number of hydrogen-bond donors (Lipinski definition) is 0. The molecule has 0 amide bonds. The molecule has 0 bridgehead atoms. The number of hydrogen-bond acceptors (Lipinski definition) is 1. The minimum Gasteiger partial charge on any atom is -1.00 e. The Morgan fingerprint density at radius 3 is 2.48 bits per heavy atom. The van der Waals surface area contributed by atoms with E-state index in [1.165, 1.54) is 27.7 Å². The Balaban J connectivity index is 0.00000161. The first-order valence-corrected chi connectivity index (χ1v) is 7.23. The van der Waals surface area contributed by atoms with Crippen LogP contribution >= 0.6 is 0 Å². The number of rotatable bonds is 2. The Morgan fingerprint density at radius 2 is 1.86 bits per heavy atom. The number of nitrogens with zero attached hydrogens (tertiary/aromatic N) is 1. The molecule has 0 spiro atoms. The lowest BCUT2D eigenvalue weighted by atomic mass is 9.80. The zero-order valence-electron chi connectivity index (χ0n) is 13.3. The van der Waals surface area contributed by atoms with Crippen LogP contribution in [0, 0.1) is 0 Å². The van der Waals surface area contributed by atoms with Gasteiger partial charge in [0, 0.05) is 18.6 Å². The van der Waals surface area contributed by atoms with Crippen LogP contribution in [0.3, 0.4) is 0 Å². The van der Waals surface area contributed by atoms with Gasteiger partial charge in [0.2, 0.25) is 5.69 Å². The fourth-order valence-corrected chi connectivity index (χ4v) is 3.41. The Morgan fingerprint density at radius 1 is 1.14 bits per heavy atom. The van der Waals surface area contributed by atoms with Gasteiger partial charge in [-0.3, -0.25) is 0 Å². The Kier molecular flexibility index (Phi) is 4.34. The van der Waals surface area contributed by atoms with Crippen LogP contribution in [0.5, 0.6) is 5.75 Å². The van der Waals surface area contributed by atoms with Crippen molar-refractivity contribution in [3.8, 4) is 5.75 Å². The van der Waals surface area contributed by atoms with E-state index in [1.54, 1.807) is 7.11 Å². The molecule has 0 saturated heterocycles. The third-order valence-electron chi connectivity index (χ3n) is 4.75. The smallest absolute Gasteiger partial charge is 0.210 e. The summed E-state index contributed by atoms with van der Waals surface area (Å²) < 4.78 is 7.77. The van der Waals surface area contributed by atoms with Gasteiger partial charge in [-0.15, -0.1) is 0 Å². The van der Waals surface area contributed by atoms with Crippen molar-refractivity contribution >= 4 is 22.2 Å². The van der Waals surface area contributed by atoms with E-state index in [1.807, 2.05) is 0 Å². The Bertz CT molecular complexity index is 731. The van der Waals surface area contributed by atoms with E-state index in [0.717, 1.165) is 12.3 Å². The number of ether oxygens (including phenoxy) is 1. The highest BCUT2D eigenvalue weighted by molar-refractivity contribution is 6.01. The van der Waals surface area contributed by atoms with Gasteiger partial charge >= 0.3 is 0 Å². The molecule has 0 N–H and O–H groups in total. The molecule has 1 aliphatic rings. The molecule has 2 nitrogen and oxygen atoms in total. The van der Waals surface area contributed by atoms with Crippen molar-refractivity contribution in [2.45, 2.75) is 33.1 Å². The summed E-state index contributed by atoms with van der Waals surface area (Å²) in [5.74, 6) is 0.918. The summed E-state index contributed by atoms with van der Waals surface area (Å²) in [7, 11) is 1.72. The van der Waals surface area contributed by atoms with Crippen LogP contribution in [0.4, 0.5) is 5.69 Å². The number of methoxy groups -OCH3 is 1. The van der Waals surface area contributed by atoms with Gasteiger partial charge < -0.3 is 28.7 Å². The zero-order chi connectivity index (χ0) is 14.5. The molecule has 21 heavy (non-hydrogen) atoms. The second-order valence-corrected chi connectivity index (χ2v) is 6.00. The molecule has 2 aromatic carbocycles. The maximum Gasteiger partial charge on any atom is 0.210 e. The molecule has 1 aliphatic heterocycles. The minimum absolute atomic E-state index is 0. The van der Waals surface area contributed by atoms with E-state index < -0.39 is 0 Å². The maximum absolute atomic E-state index is 5.34. The van der Waals surface area contributed by atoms with Gasteiger partial charge in [-0.05, 0) is 49.7 Å². The summed E-state index contributed by atoms with van der Waals surface area (Å²) in [5.41, 5.74) is 4.31. The van der Waals surface area contributed by atoms with E-state index in [2.05, 4.69) is 62.6 Å². The van der Waals surface area contributed by atoms with Crippen LogP contribution in [0.2, 0.25) is 0 Å². The monoisotopic (exact) mass is 395 g/mol. The molecule has 0 saturated carbocycles. The van der Waals surface area contributed by atoms with Crippen molar-refractivity contribution in [3.63, 3.8) is 0 Å².